The van der Waals surface area contributed by atoms with Gasteiger partial charge < -0.3 is 20.7 Å². The molecular weight excluding hydrogens is 282 g/mol. The van der Waals surface area contributed by atoms with E-state index in [-0.39, 0.29) is 0 Å². The Labute approximate surface area is 131 Å². The molecule has 0 radical (unpaired) electrons. The van der Waals surface area contributed by atoms with E-state index in [0.717, 1.165) is 5.69 Å². The number of hydrogen-bond donors (Lipinski definition) is 3. The van der Waals surface area contributed by atoms with E-state index in [1.807, 2.05) is 39.0 Å². The molecule has 1 amide bonds. The molecule has 1 rings (SSSR count). The number of aromatic nitrogens is 1. The maximum atomic E-state index is 11.5. The predicted molar refractivity (Wildman–Crippen MR) is 86.7 cm³/mol. The highest BCUT2D eigenvalue weighted by Gasteiger charge is 2.15. The summed E-state index contributed by atoms with van der Waals surface area (Å²) >= 11 is 0. The minimum Gasteiger partial charge on any atom is -0.444 e. The van der Waals surface area contributed by atoms with Crippen molar-refractivity contribution in [2.24, 2.45) is 4.99 Å². The van der Waals surface area contributed by atoms with E-state index in [4.69, 9.17) is 4.74 Å². The molecule has 7 heteroatoms. The van der Waals surface area contributed by atoms with Crippen LogP contribution in [0.2, 0.25) is 0 Å². The van der Waals surface area contributed by atoms with Gasteiger partial charge in [-0.05, 0) is 32.9 Å². The molecule has 1 aromatic heterocycles. The normalized spacial score (nSPS) is 11.7. The fourth-order valence-electron chi connectivity index (χ4n) is 1.56. The van der Waals surface area contributed by atoms with Crippen molar-refractivity contribution in [1.82, 2.24) is 20.9 Å². The SMILES string of the molecule is CN=C(NCCNC(=O)OC(C)(C)C)NCc1ccccn1. The Morgan fingerprint density at radius 1 is 1.23 bits per heavy atom. The summed E-state index contributed by atoms with van der Waals surface area (Å²) in [5.41, 5.74) is 0.440. The van der Waals surface area contributed by atoms with E-state index in [2.05, 4.69) is 25.9 Å². The zero-order chi connectivity index (χ0) is 16.4. The summed E-state index contributed by atoms with van der Waals surface area (Å²) in [4.78, 5) is 19.8. The van der Waals surface area contributed by atoms with E-state index < -0.39 is 11.7 Å². The quantitative estimate of drug-likeness (QED) is 0.433. The van der Waals surface area contributed by atoms with E-state index in [1.54, 1.807) is 13.2 Å². The molecule has 0 bridgehead atoms. The monoisotopic (exact) mass is 307 g/mol. The van der Waals surface area contributed by atoms with Gasteiger partial charge in [0.1, 0.15) is 5.60 Å². The van der Waals surface area contributed by atoms with Crippen molar-refractivity contribution < 1.29 is 9.53 Å². The number of amides is 1. The molecule has 3 N–H and O–H groups in total. The summed E-state index contributed by atoms with van der Waals surface area (Å²) in [5.74, 6) is 0.650. The molecule has 0 unspecified atom stereocenters. The maximum absolute atomic E-state index is 11.5. The Bertz CT molecular complexity index is 482. The number of aliphatic imine (C=N–C) groups is 1. The van der Waals surface area contributed by atoms with E-state index >= 15 is 0 Å². The molecule has 0 aliphatic carbocycles. The highest BCUT2D eigenvalue weighted by molar-refractivity contribution is 5.79. The number of rotatable bonds is 5. The number of nitrogens with zero attached hydrogens (tertiary/aromatic N) is 2. The molecular formula is C15H25N5O2. The molecule has 7 nitrogen and oxygen atoms in total. The third kappa shape index (κ3) is 8.08. The fourth-order valence-corrected chi connectivity index (χ4v) is 1.56. The van der Waals surface area contributed by atoms with Crippen molar-refractivity contribution >= 4 is 12.1 Å². The number of pyridine rings is 1. The van der Waals surface area contributed by atoms with Crippen LogP contribution in [0.3, 0.4) is 0 Å². The first-order valence-corrected chi connectivity index (χ1v) is 7.22. The molecule has 0 spiro atoms. The van der Waals surface area contributed by atoms with Gasteiger partial charge in [0.15, 0.2) is 5.96 Å². The van der Waals surface area contributed by atoms with Crippen LogP contribution in [0.5, 0.6) is 0 Å². The summed E-state index contributed by atoms with van der Waals surface area (Å²) in [5, 5.41) is 8.92. The summed E-state index contributed by atoms with van der Waals surface area (Å²) < 4.78 is 5.14. The largest absolute Gasteiger partial charge is 0.444 e. The van der Waals surface area contributed by atoms with Gasteiger partial charge in [-0.25, -0.2) is 4.79 Å². The van der Waals surface area contributed by atoms with Crippen LogP contribution in [-0.4, -0.2) is 42.8 Å². The number of alkyl carbamates (subject to hydrolysis) is 1. The lowest BCUT2D eigenvalue weighted by molar-refractivity contribution is 0.0529. The van der Waals surface area contributed by atoms with Gasteiger partial charge in [0.05, 0.1) is 12.2 Å². The predicted octanol–water partition coefficient (Wildman–Crippen LogP) is 1.27. The van der Waals surface area contributed by atoms with Gasteiger partial charge >= 0.3 is 6.09 Å². The molecule has 0 saturated carbocycles. The first-order valence-electron chi connectivity index (χ1n) is 7.22. The number of nitrogens with one attached hydrogen (secondary N) is 3. The van der Waals surface area contributed by atoms with Gasteiger partial charge in [-0.3, -0.25) is 9.98 Å². The Balaban J connectivity index is 2.21. The third-order valence-electron chi connectivity index (χ3n) is 2.47. The second-order valence-electron chi connectivity index (χ2n) is 5.60. The second-order valence-corrected chi connectivity index (χ2v) is 5.60. The Morgan fingerprint density at radius 3 is 2.55 bits per heavy atom. The van der Waals surface area contributed by atoms with Gasteiger partial charge in [-0.15, -0.1) is 0 Å². The van der Waals surface area contributed by atoms with Crippen LogP contribution in [-0.2, 0) is 11.3 Å². The summed E-state index contributed by atoms with van der Waals surface area (Å²) in [6.07, 6.45) is 1.32. The van der Waals surface area contributed by atoms with Crippen LogP contribution in [0.1, 0.15) is 26.5 Å². The molecule has 0 aromatic carbocycles. The topological polar surface area (TPSA) is 87.6 Å². The van der Waals surface area contributed by atoms with Crippen molar-refractivity contribution in [3.63, 3.8) is 0 Å². The molecule has 122 valence electrons. The Morgan fingerprint density at radius 2 is 1.95 bits per heavy atom. The number of ether oxygens (including phenoxy) is 1. The Kier molecular flexibility index (Phi) is 7.15. The number of carbonyl (C=O) groups excluding carboxylic acids is 1. The average Bonchev–Trinajstić information content (AvgIpc) is 2.46. The van der Waals surface area contributed by atoms with E-state index in [9.17, 15) is 4.79 Å². The van der Waals surface area contributed by atoms with Crippen LogP contribution in [0.15, 0.2) is 29.4 Å². The summed E-state index contributed by atoms with van der Waals surface area (Å²) in [7, 11) is 1.69. The van der Waals surface area contributed by atoms with Gasteiger partial charge in [0.25, 0.3) is 0 Å². The summed E-state index contributed by atoms with van der Waals surface area (Å²) in [6, 6.07) is 5.74. The molecule has 0 aliphatic rings. The maximum Gasteiger partial charge on any atom is 0.407 e. The molecule has 0 saturated heterocycles. The average molecular weight is 307 g/mol. The van der Waals surface area contributed by atoms with Crippen molar-refractivity contribution in [2.75, 3.05) is 20.1 Å². The molecule has 1 heterocycles. The third-order valence-corrected chi connectivity index (χ3v) is 2.47. The van der Waals surface area contributed by atoms with E-state index in [0.29, 0.717) is 25.6 Å². The minimum absolute atomic E-state index is 0.425. The lowest BCUT2D eigenvalue weighted by atomic mass is 10.2. The first kappa shape index (κ1) is 17.7. The van der Waals surface area contributed by atoms with Crippen LogP contribution < -0.4 is 16.0 Å². The first-order chi connectivity index (χ1) is 10.4. The van der Waals surface area contributed by atoms with Crippen molar-refractivity contribution in [3.05, 3.63) is 30.1 Å². The standard InChI is InChI=1S/C15H25N5O2/c1-15(2,3)22-14(21)19-10-9-18-13(16-4)20-11-12-7-5-6-8-17-12/h5-8H,9-11H2,1-4H3,(H,19,21)(H2,16,18,20). The van der Waals surface area contributed by atoms with Crippen molar-refractivity contribution in [3.8, 4) is 0 Å². The second kappa shape index (κ2) is 8.86. The zero-order valence-corrected chi connectivity index (χ0v) is 13.6. The minimum atomic E-state index is -0.488. The molecule has 0 aliphatic heterocycles. The molecule has 1 aromatic rings. The van der Waals surface area contributed by atoms with Crippen molar-refractivity contribution in [1.29, 1.82) is 0 Å². The number of hydrogen-bond acceptors (Lipinski definition) is 4. The highest BCUT2D eigenvalue weighted by atomic mass is 16.6. The van der Waals surface area contributed by atoms with Crippen LogP contribution in [0, 0.1) is 0 Å². The molecule has 22 heavy (non-hydrogen) atoms. The Hall–Kier alpha value is -2.31. The zero-order valence-electron chi connectivity index (χ0n) is 13.6. The number of guanidine groups is 1. The van der Waals surface area contributed by atoms with Crippen LogP contribution >= 0.6 is 0 Å². The summed E-state index contributed by atoms with van der Waals surface area (Å²) in [6.45, 7) is 7.05. The molecule has 0 fully saturated rings. The van der Waals surface area contributed by atoms with Gasteiger partial charge in [-0.1, -0.05) is 6.07 Å². The van der Waals surface area contributed by atoms with E-state index in [1.165, 1.54) is 0 Å². The van der Waals surface area contributed by atoms with Crippen LogP contribution in [0.25, 0.3) is 0 Å². The fraction of sp³-hybridized carbons (Fsp3) is 0.533. The van der Waals surface area contributed by atoms with Gasteiger partial charge in [0, 0.05) is 26.3 Å². The van der Waals surface area contributed by atoms with Crippen molar-refractivity contribution in [2.45, 2.75) is 32.9 Å². The van der Waals surface area contributed by atoms with Gasteiger partial charge in [0.2, 0.25) is 0 Å². The lowest BCUT2D eigenvalue weighted by Crippen LogP contribution is -2.42. The molecule has 0 atom stereocenters. The number of carbonyl (C=O) groups is 1. The van der Waals surface area contributed by atoms with Crippen LogP contribution in [0.4, 0.5) is 4.79 Å². The lowest BCUT2D eigenvalue weighted by Gasteiger charge is -2.19. The highest BCUT2D eigenvalue weighted by Crippen LogP contribution is 2.05. The van der Waals surface area contributed by atoms with Gasteiger partial charge in [-0.2, -0.15) is 0 Å². The smallest absolute Gasteiger partial charge is 0.407 e.